The molecule has 9 heteroatoms. The highest BCUT2D eigenvalue weighted by molar-refractivity contribution is 7.89. The SMILES string of the molecule is CCS(=O)(=O)N1CCN(c2ccc(NCC3CCCO3)nn2)CC1. The van der Waals surface area contributed by atoms with Gasteiger partial charge in [0.25, 0.3) is 0 Å². The molecule has 0 saturated carbocycles. The third kappa shape index (κ3) is 4.14. The molecule has 8 nitrogen and oxygen atoms in total. The van der Waals surface area contributed by atoms with Gasteiger partial charge in [-0.25, -0.2) is 8.42 Å². The lowest BCUT2D eigenvalue weighted by Crippen LogP contribution is -2.49. The summed E-state index contributed by atoms with van der Waals surface area (Å²) in [7, 11) is -3.10. The second-order valence-corrected chi connectivity index (χ2v) is 8.34. The lowest BCUT2D eigenvalue weighted by atomic mass is 10.2. The van der Waals surface area contributed by atoms with Crippen LogP contribution in [0.1, 0.15) is 19.8 Å². The molecule has 1 atom stereocenters. The van der Waals surface area contributed by atoms with Crippen LogP contribution in [-0.2, 0) is 14.8 Å². The van der Waals surface area contributed by atoms with Gasteiger partial charge in [-0.3, -0.25) is 0 Å². The number of nitrogens with zero attached hydrogens (tertiary/aromatic N) is 4. The van der Waals surface area contributed by atoms with Gasteiger partial charge >= 0.3 is 0 Å². The quantitative estimate of drug-likeness (QED) is 0.797. The Morgan fingerprint density at radius 1 is 1.25 bits per heavy atom. The Bertz CT molecular complexity index is 623. The van der Waals surface area contributed by atoms with Crippen molar-refractivity contribution in [2.45, 2.75) is 25.9 Å². The van der Waals surface area contributed by atoms with E-state index in [1.807, 2.05) is 12.1 Å². The van der Waals surface area contributed by atoms with Crippen LogP contribution in [0.25, 0.3) is 0 Å². The molecule has 1 aromatic heterocycles. The van der Waals surface area contributed by atoms with Crippen molar-refractivity contribution in [3.8, 4) is 0 Å². The largest absolute Gasteiger partial charge is 0.376 e. The monoisotopic (exact) mass is 355 g/mol. The lowest BCUT2D eigenvalue weighted by Gasteiger charge is -2.34. The average Bonchev–Trinajstić information content (AvgIpc) is 3.14. The Balaban J connectivity index is 1.51. The maximum absolute atomic E-state index is 11.9. The maximum Gasteiger partial charge on any atom is 0.213 e. The normalized spacial score (nSPS) is 22.7. The number of sulfonamides is 1. The number of anilines is 2. The first kappa shape index (κ1) is 17.4. The summed E-state index contributed by atoms with van der Waals surface area (Å²) in [5.74, 6) is 1.67. The van der Waals surface area contributed by atoms with E-state index in [0.717, 1.165) is 37.6 Å². The molecule has 3 rings (SSSR count). The van der Waals surface area contributed by atoms with Crippen LogP contribution in [-0.4, -0.2) is 74.1 Å². The number of aromatic nitrogens is 2. The van der Waals surface area contributed by atoms with Crippen molar-refractivity contribution in [1.29, 1.82) is 0 Å². The number of ether oxygens (including phenoxy) is 1. The minimum Gasteiger partial charge on any atom is -0.376 e. The van der Waals surface area contributed by atoms with E-state index < -0.39 is 10.0 Å². The number of hydrogen-bond acceptors (Lipinski definition) is 7. The van der Waals surface area contributed by atoms with Crippen LogP contribution in [0.15, 0.2) is 12.1 Å². The second kappa shape index (κ2) is 7.62. The molecule has 2 saturated heterocycles. The van der Waals surface area contributed by atoms with Crippen molar-refractivity contribution >= 4 is 21.7 Å². The van der Waals surface area contributed by atoms with Crippen LogP contribution < -0.4 is 10.2 Å². The van der Waals surface area contributed by atoms with Crippen LogP contribution in [0, 0.1) is 0 Å². The fraction of sp³-hybridized carbons (Fsp3) is 0.733. The maximum atomic E-state index is 11.9. The minimum absolute atomic E-state index is 0.151. The van der Waals surface area contributed by atoms with Gasteiger partial charge in [-0.15, -0.1) is 10.2 Å². The Kier molecular flexibility index (Phi) is 5.52. The van der Waals surface area contributed by atoms with Crippen molar-refractivity contribution in [2.24, 2.45) is 0 Å². The third-order valence-corrected chi connectivity index (χ3v) is 6.39. The van der Waals surface area contributed by atoms with Crippen molar-refractivity contribution in [1.82, 2.24) is 14.5 Å². The molecule has 24 heavy (non-hydrogen) atoms. The Morgan fingerprint density at radius 2 is 2.04 bits per heavy atom. The Morgan fingerprint density at radius 3 is 2.62 bits per heavy atom. The first-order valence-corrected chi connectivity index (χ1v) is 10.1. The standard InChI is InChI=1S/C15H25N5O3S/c1-2-24(21,22)20-9-7-19(8-10-20)15-6-5-14(17-18-15)16-12-13-4-3-11-23-13/h5-6,13H,2-4,7-12H2,1H3,(H,16,17). The highest BCUT2D eigenvalue weighted by Gasteiger charge is 2.26. The Hall–Kier alpha value is -1.45. The average molecular weight is 355 g/mol. The molecule has 0 aromatic carbocycles. The van der Waals surface area contributed by atoms with E-state index in [-0.39, 0.29) is 11.9 Å². The van der Waals surface area contributed by atoms with Gasteiger partial charge in [-0.2, -0.15) is 4.31 Å². The van der Waals surface area contributed by atoms with Crippen LogP contribution in [0.3, 0.4) is 0 Å². The highest BCUT2D eigenvalue weighted by Crippen LogP contribution is 2.17. The summed E-state index contributed by atoms with van der Waals surface area (Å²) in [6.07, 6.45) is 2.47. The summed E-state index contributed by atoms with van der Waals surface area (Å²) in [6, 6.07) is 3.83. The molecular weight excluding hydrogens is 330 g/mol. The zero-order valence-corrected chi connectivity index (χ0v) is 14.8. The van der Waals surface area contributed by atoms with E-state index in [1.54, 1.807) is 11.2 Å². The smallest absolute Gasteiger partial charge is 0.213 e. The van der Waals surface area contributed by atoms with Gasteiger partial charge in [0.1, 0.15) is 5.82 Å². The lowest BCUT2D eigenvalue weighted by molar-refractivity contribution is 0.120. The topological polar surface area (TPSA) is 87.7 Å². The van der Waals surface area contributed by atoms with Gasteiger partial charge in [-0.05, 0) is 31.9 Å². The zero-order chi connectivity index (χ0) is 17.0. The summed E-state index contributed by atoms with van der Waals surface area (Å²) in [4.78, 5) is 2.07. The van der Waals surface area contributed by atoms with E-state index in [1.165, 1.54) is 0 Å². The number of piperazine rings is 1. The van der Waals surface area contributed by atoms with E-state index in [4.69, 9.17) is 4.74 Å². The van der Waals surface area contributed by atoms with Gasteiger partial charge in [0.15, 0.2) is 5.82 Å². The Labute approximate surface area is 143 Å². The van der Waals surface area contributed by atoms with Crippen LogP contribution in [0.2, 0.25) is 0 Å². The molecule has 1 unspecified atom stereocenters. The van der Waals surface area contributed by atoms with Crippen molar-refractivity contribution in [3.05, 3.63) is 12.1 Å². The second-order valence-electron chi connectivity index (χ2n) is 6.08. The van der Waals surface area contributed by atoms with Crippen LogP contribution >= 0.6 is 0 Å². The number of rotatable bonds is 6. The molecule has 2 aliphatic rings. The molecule has 0 amide bonds. The van der Waals surface area contributed by atoms with Gasteiger partial charge in [0.05, 0.1) is 11.9 Å². The highest BCUT2D eigenvalue weighted by atomic mass is 32.2. The summed E-state index contributed by atoms with van der Waals surface area (Å²) in [6.45, 7) is 5.54. The van der Waals surface area contributed by atoms with E-state index in [0.29, 0.717) is 26.2 Å². The number of nitrogens with one attached hydrogen (secondary N) is 1. The first-order chi connectivity index (χ1) is 11.6. The van der Waals surface area contributed by atoms with Gasteiger partial charge in [0.2, 0.25) is 10.0 Å². The summed E-state index contributed by atoms with van der Waals surface area (Å²) in [5.41, 5.74) is 0. The zero-order valence-electron chi connectivity index (χ0n) is 14.0. The molecule has 0 aliphatic carbocycles. The number of hydrogen-bond donors (Lipinski definition) is 1. The molecule has 1 aromatic rings. The fourth-order valence-corrected chi connectivity index (χ4v) is 4.07. The third-order valence-electron chi connectivity index (χ3n) is 4.51. The summed E-state index contributed by atoms with van der Waals surface area (Å²) >= 11 is 0. The van der Waals surface area contributed by atoms with Gasteiger partial charge < -0.3 is 15.0 Å². The van der Waals surface area contributed by atoms with Crippen LogP contribution in [0.4, 0.5) is 11.6 Å². The van der Waals surface area contributed by atoms with Crippen LogP contribution in [0.5, 0.6) is 0 Å². The van der Waals surface area contributed by atoms with E-state index in [2.05, 4.69) is 20.4 Å². The minimum atomic E-state index is -3.10. The predicted molar refractivity (Wildman–Crippen MR) is 92.7 cm³/mol. The molecule has 2 aliphatic heterocycles. The molecule has 134 valence electrons. The molecule has 2 fully saturated rings. The molecule has 1 N–H and O–H groups in total. The molecule has 0 spiro atoms. The summed E-state index contributed by atoms with van der Waals surface area (Å²) in [5, 5.41) is 11.7. The molecule has 0 radical (unpaired) electrons. The van der Waals surface area contributed by atoms with Gasteiger partial charge in [0, 0.05) is 39.3 Å². The molecule has 0 bridgehead atoms. The van der Waals surface area contributed by atoms with Crippen molar-refractivity contribution in [2.75, 3.05) is 55.3 Å². The van der Waals surface area contributed by atoms with Gasteiger partial charge in [-0.1, -0.05) is 0 Å². The predicted octanol–water partition coefficient (Wildman–Crippen LogP) is 0.539. The first-order valence-electron chi connectivity index (χ1n) is 8.50. The van der Waals surface area contributed by atoms with E-state index >= 15 is 0 Å². The fourth-order valence-electron chi connectivity index (χ4n) is 2.99. The molecule has 3 heterocycles. The summed E-state index contributed by atoms with van der Waals surface area (Å²) < 4.78 is 30.9. The molecular formula is C15H25N5O3S. The van der Waals surface area contributed by atoms with Crippen molar-refractivity contribution in [3.63, 3.8) is 0 Å². The van der Waals surface area contributed by atoms with E-state index in [9.17, 15) is 8.42 Å². The van der Waals surface area contributed by atoms with Crippen molar-refractivity contribution < 1.29 is 13.2 Å².